The topological polar surface area (TPSA) is 29.4 Å². The Bertz CT molecular complexity index is 182. The predicted molar refractivity (Wildman–Crippen MR) is 85.6 cm³/mol. The fourth-order valence-corrected chi connectivity index (χ4v) is 2.55. The van der Waals surface area contributed by atoms with Crippen LogP contribution >= 0.6 is 0 Å². The van der Waals surface area contributed by atoms with E-state index in [4.69, 9.17) is 0 Å². The van der Waals surface area contributed by atoms with Gasteiger partial charge in [0, 0.05) is 0 Å². The van der Waals surface area contributed by atoms with Gasteiger partial charge in [0.1, 0.15) is 0 Å². The van der Waals surface area contributed by atoms with Gasteiger partial charge in [0.05, 0.1) is 6.04 Å². The molecule has 0 heterocycles. The van der Waals surface area contributed by atoms with E-state index in [0.717, 1.165) is 12.8 Å². The van der Waals surface area contributed by atoms with Crippen molar-refractivity contribution in [2.45, 2.75) is 110 Å². The third-order valence-corrected chi connectivity index (χ3v) is 4.01. The highest BCUT2D eigenvalue weighted by molar-refractivity contribution is 4.62. The van der Waals surface area contributed by atoms with Crippen LogP contribution < -0.4 is 0 Å². The molecule has 1 atom stereocenters. The first-order valence-electron chi connectivity index (χ1n) is 8.67. The molecule has 114 valence electrons. The summed E-state index contributed by atoms with van der Waals surface area (Å²) in [7, 11) is 0. The highest BCUT2D eigenvalue weighted by atomic mass is 16.3. The quantitative estimate of drug-likeness (QED) is 0.242. The molecule has 0 saturated carbocycles. The highest BCUT2D eigenvalue weighted by Gasteiger charge is 2.04. The lowest BCUT2D eigenvalue weighted by Gasteiger charge is -2.05. The van der Waals surface area contributed by atoms with E-state index in [1.54, 1.807) is 0 Å². The van der Waals surface area contributed by atoms with Crippen LogP contribution in [0.2, 0.25) is 0 Å². The maximum atomic E-state index is 10.4. The molecule has 0 aliphatic heterocycles. The first kappa shape index (κ1) is 18.6. The lowest BCUT2D eigenvalue weighted by Crippen LogP contribution is -2.00. The van der Waals surface area contributed by atoms with Gasteiger partial charge in [0.25, 0.3) is 0 Å². The molecule has 2 nitrogen and oxygen atoms in total. The van der Waals surface area contributed by atoms with Crippen LogP contribution in [-0.4, -0.2) is 6.04 Å². The van der Waals surface area contributed by atoms with Crippen LogP contribution in [0.3, 0.4) is 0 Å². The molecule has 1 unspecified atom stereocenters. The van der Waals surface area contributed by atoms with Crippen molar-refractivity contribution in [3.8, 4) is 0 Å². The van der Waals surface area contributed by atoms with Gasteiger partial charge in [-0.3, -0.25) is 0 Å². The lowest BCUT2D eigenvalue weighted by atomic mass is 10.0. The Balaban J connectivity index is 3.04. The smallest absolute Gasteiger partial charge is 0.0917 e. The molecule has 0 amide bonds. The zero-order valence-electron chi connectivity index (χ0n) is 13.3. The predicted octanol–water partition coefficient (Wildman–Crippen LogP) is 6.62. The Morgan fingerprint density at radius 2 is 1.11 bits per heavy atom. The van der Waals surface area contributed by atoms with Gasteiger partial charge in [-0.15, -0.1) is 0 Å². The Labute approximate surface area is 120 Å². The average molecular weight is 269 g/mol. The van der Waals surface area contributed by atoms with Crippen LogP contribution in [0.4, 0.5) is 0 Å². The molecule has 0 N–H and O–H groups in total. The largest absolute Gasteiger partial charge is 0.151 e. The van der Waals surface area contributed by atoms with E-state index < -0.39 is 0 Å². The second-order valence-corrected chi connectivity index (χ2v) is 5.85. The van der Waals surface area contributed by atoms with E-state index >= 15 is 0 Å². The fraction of sp³-hybridized carbons (Fsp3) is 1.00. The van der Waals surface area contributed by atoms with Gasteiger partial charge in [-0.25, -0.2) is 0 Å². The number of hydrogen-bond donors (Lipinski definition) is 0. The van der Waals surface area contributed by atoms with Crippen molar-refractivity contribution in [1.82, 2.24) is 0 Å². The molecule has 0 bridgehead atoms. The van der Waals surface area contributed by atoms with Gasteiger partial charge in [-0.1, -0.05) is 96.1 Å². The summed E-state index contributed by atoms with van der Waals surface area (Å²) in [5.74, 6) is 0. The van der Waals surface area contributed by atoms with E-state index in [1.807, 2.05) is 6.92 Å². The Morgan fingerprint density at radius 1 is 0.684 bits per heavy atom. The Kier molecular flexibility index (Phi) is 15.3. The molecule has 0 radical (unpaired) electrons. The number of nitrogens with zero attached hydrogens (tertiary/aromatic N) is 1. The summed E-state index contributed by atoms with van der Waals surface area (Å²) in [4.78, 5) is 10.4. The van der Waals surface area contributed by atoms with Gasteiger partial charge in [-0.05, 0) is 12.8 Å². The minimum atomic E-state index is 0.0723. The first-order valence-corrected chi connectivity index (χ1v) is 8.67. The van der Waals surface area contributed by atoms with Crippen molar-refractivity contribution in [1.29, 1.82) is 0 Å². The van der Waals surface area contributed by atoms with Crippen molar-refractivity contribution in [2.75, 3.05) is 0 Å². The Hall–Kier alpha value is -0.400. The van der Waals surface area contributed by atoms with E-state index in [0.29, 0.717) is 0 Å². The van der Waals surface area contributed by atoms with Crippen molar-refractivity contribution in [3.63, 3.8) is 0 Å². The molecule has 0 aromatic carbocycles. The third-order valence-electron chi connectivity index (χ3n) is 4.01. The van der Waals surface area contributed by atoms with Crippen molar-refractivity contribution in [3.05, 3.63) is 4.91 Å². The van der Waals surface area contributed by atoms with Crippen molar-refractivity contribution < 1.29 is 0 Å². The fourth-order valence-electron chi connectivity index (χ4n) is 2.55. The van der Waals surface area contributed by atoms with E-state index in [2.05, 4.69) is 12.1 Å². The molecular weight excluding hydrogens is 234 g/mol. The Morgan fingerprint density at radius 3 is 1.47 bits per heavy atom. The second-order valence-electron chi connectivity index (χ2n) is 5.85. The van der Waals surface area contributed by atoms with Crippen molar-refractivity contribution >= 4 is 0 Å². The first-order chi connectivity index (χ1) is 9.35. The normalized spacial score (nSPS) is 12.5. The number of hydrogen-bond acceptors (Lipinski definition) is 2. The summed E-state index contributed by atoms with van der Waals surface area (Å²) in [6.07, 6.45) is 18.4. The minimum absolute atomic E-state index is 0.0723. The monoisotopic (exact) mass is 269 g/mol. The molecule has 2 heteroatoms. The van der Waals surface area contributed by atoms with Crippen LogP contribution in [0.5, 0.6) is 0 Å². The zero-order valence-corrected chi connectivity index (χ0v) is 13.3. The summed E-state index contributed by atoms with van der Waals surface area (Å²) in [5, 5.41) is 3.15. The molecule has 0 aliphatic rings. The summed E-state index contributed by atoms with van der Waals surface area (Å²) in [6.45, 7) is 4.32. The van der Waals surface area contributed by atoms with E-state index in [1.165, 1.54) is 77.0 Å². The second kappa shape index (κ2) is 15.7. The van der Waals surface area contributed by atoms with Gasteiger partial charge in [-0.2, -0.15) is 4.91 Å². The maximum Gasteiger partial charge on any atom is 0.0917 e. The molecular formula is C17H35NO. The third kappa shape index (κ3) is 13.8. The van der Waals surface area contributed by atoms with Gasteiger partial charge >= 0.3 is 0 Å². The molecule has 0 aliphatic carbocycles. The maximum absolute atomic E-state index is 10.4. The number of rotatable bonds is 15. The summed E-state index contributed by atoms with van der Waals surface area (Å²) >= 11 is 0. The molecule has 0 saturated heterocycles. The summed E-state index contributed by atoms with van der Waals surface area (Å²) in [6, 6.07) is 0.0723. The molecule has 19 heavy (non-hydrogen) atoms. The molecule has 0 fully saturated rings. The SMILES string of the molecule is CCCCCCCCCCCCCCC(CC)N=O. The van der Waals surface area contributed by atoms with Crippen LogP contribution in [0.15, 0.2) is 5.18 Å². The van der Waals surface area contributed by atoms with Crippen LogP contribution in [0.25, 0.3) is 0 Å². The van der Waals surface area contributed by atoms with Crippen LogP contribution in [0.1, 0.15) is 104 Å². The highest BCUT2D eigenvalue weighted by Crippen LogP contribution is 2.14. The average Bonchev–Trinajstić information content (AvgIpc) is 2.44. The van der Waals surface area contributed by atoms with Gasteiger partial charge in [0.15, 0.2) is 0 Å². The lowest BCUT2D eigenvalue weighted by molar-refractivity contribution is 0.512. The number of nitroso groups, excluding NO2 is 1. The summed E-state index contributed by atoms with van der Waals surface area (Å²) < 4.78 is 0. The summed E-state index contributed by atoms with van der Waals surface area (Å²) in [5.41, 5.74) is 0. The zero-order chi connectivity index (χ0) is 14.2. The molecule has 0 aromatic heterocycles. The van der Waals surface area contributed by atoms with E-state index in [-0.39, 0.29) is 6.04 Å². The number of unbranched alkanes of at least 4 members (excludes halogenated alkanes) is 11. The van der Waals surface area contributed by atoms with Gasteiger partial charge < -0.3 is 0 Å². The minimum Gasteiger partial charge on any atom is -0.151 e. The van der Waals surface area contributed by atoms with E-state index in [9.17, 15) is 4.91 Å². The van der Waals surface area contributed by atoms with Crippen LogP contribution in [0, 0.1) is 4.91 Å². The van der Waals surface area contributed by atoms with Crippen LogP contribution in [-0.2, 0) is 0 Å². The van der Waals surface area contributed by atoms with Crippen molar-refractivity contribution in [2.24, 2.45) is 5.18 Å². The molecule has 0 rings (SSSR count). The molecule has 0 spiro atoms. The molecule has 0 aromatic rings. The van der Waals surface area contributed by atoms with Gasteiger partial charge in [0.2, 0.25) is 0 Å². The standard InChI is InChI=1S/C17H35NO/c1-3-5-6-7-8-9-10-11-12-13-14-15-16-17(4-2)18-19/h17H,3-16H2,1-2H3.